The molecule has 0 saturated heterocycles. The number of carbonyl (C=O) groups excluding carboxylic acids is 1. The van der Waals surface area contributed by atoms with Crippen LogP contribution >= 0.6 is 0 Å². The molecule has 0 aliphatic heterocycles. The summed E-state index contributed by atoms with van der Waals surface area (Å²) in [5.74, 6) is 1.30. The molecule has 1 aromatic heterocycles. The van der Waals surface area contributed by atoms with E-state index in [2.05, 4.69) is 16.2 Å². The fourth-order valence-corrected chi connectivity index (χ4v) is 3.87. The number of allylic oxidation sites excluding steroid dienone is 1. The molecular formula is C27H28N4O4. The summed E-state index contributed by atoms with van der Waals surface area (Å²) in [4.78, 5) is 17.1. The van der Waals surface area contributed by atoms with Crippen LogP contribution in [0.3, 0.4) is 0 Å². The van der Waals surface area contributed by atoms with Crippen molar-refractivity contribution < 1.29 is 18.8 Å². The lowest BCUT2D eigenvalue weighted by atomic mass is 10.00. The molecule has 0 amide bonds. The Morgan fingerprint density at radius 3 is 2.71 bits per heavy atom. The van der Waals surface area contributed by atoms with Crippen molar-refractivity contribution in [2.75, 3.05) is 0 Å². The Hall–Kier alpha value is -3.96. The number of aromatic nitrogens is 2. The number of nitrogens with zero attached hydrogens (tertiary/aromatic N) is 3. The van der Waals surface area contributed by atoms with E-state index in [0.717, 1.165) is 23.1 Å². The van der Waals surface area contributed by atoms with Crippen LogP contribution < -0.4 is 10.5 Å². The lowest BCUT2D eigenvalue weighted by molar-refractivity contribution is -0.139. The van der Waals surface area contributed by atoms with Crippen LogP contribution in [-0.4, -0.2) is 28.3 Å². The van der Waals surface area contributed by atoms with E-state index in [1.165, 1.54) is 0 Å². The maximum atomic E-state index is 12.5. The van der Waals surface area contributed by atoms with Gasteiger partial charge in [0.2, 0.25) is 5.82 Å². The topological polar surface area (TPSA) is 124 Å². The van der Waals surface area contributed by atoms with Gasteiger partial charge in [-0.1, -0.05) is 43.6 Å². The molecular weight excluding hydrogens is 444 g/mol. The molecule has 4 rings (SSSR count). The molecule has 2 unspecified atom stereocenters. The molecule has 1 aliphatic rings. The van der Waals surface area contributed by atoms with E-state index in [-0.39, 0.29) is 12.0 Å². The van der Waals surface area contributed by atoms with E-state index in [1.807, 2.05) is 52.0 Å². The number of benzene rings is 2. The molecule has 8 nitrogen and oxygen atoms in total. The summed E-state index contributed by atoms with van der Waals surface area (Å²) < 4.78 is 16.8. The Morgan fingerprint density at radius 2 is 2.00 bits per heavy atom. The SMILES string of the molecule is CCC(C)C(N)C(=O)OC1=CCc2c1cccc2-c1noc(-c2ccc(OC(C)C)c(C#N)c2)n1. The molecule has 0 spiro atoms. The van der Waals surface area contributed by atoms with Gasteiger partial charge in [0.05, 0.1) is 11.7 Å². The number of hydrogen-bond acceptors (Lipinski definition) is 8. The Morgan fingerprint density at radius 1 is 1.23 bits per heavy atom. The van der Waals surface area contributed by atoms with Crippen LogP contribution in [0.1, 0.15) is 50.8 Å². The summed E-state index contributed by atoms with van der Waals surface area (Å²) in [5, 5.41) is 13.7. The van der Waals surface area contributed by atoms with E-state index in [4.69, 9.17) is 19.7 Å². The lowest BCUT2D eigenvalue weighted by Gasteiger charge is -2.17. The van der Waals surface area contributed by atoms with Crippen LogP contribution in [0, 0.1) is 17.2 Å². The number of rotatable bonds is 8. The maximum Gasteiger partial charge on any atom is 0.328 e. The first-order valence-electron chi connectivity index (χ1n) is 11.7. The van der Waals surface area contributed by atoms with Gasteiger partial charge in [0, 0.05) is 16.7 Å². The van der Waals surface area contributed by atoms with Gasteiger partial charge in [0.15, 0.2) is 0 Å². The van der Waals surface area contributed by atoms with E-state index >= 15 is 0 Å². The molecule has 0 bridgehead atoms. The van der Waals surface area contributed by atoms with Gasteiger partial charge in [-0.15, -0.1) is 0 Å². The van der Waals surface area contributed by atoms with Crippen LogP contribution in [0.5, 0.6) is 5.75 Å². The Kier molecular flexibility index (Phi) is 6.99. The molecule has 0 saturated carbocycles. The maximum absolute atomic E-state index is 12.5. The van der Waals surface area contributed by atoms with Gasteiger partial charge in [-0.25, -0.2) is 4.79 Å². The quantitative estimate of drug-likeness (QED) is 0.460. The van der Waals surface area contributed by atoms with E-state index in [1.54, 1.807) is 18.2 Å². The van der Waals surface area contributed by atoms with Crippen molar-refractivity contribution in [3.63, 3.8) is 0 Å². The number of esters is 1. The minimum Gasteiger partial charge on any atom is -0.490 e. The van der Waals surface area contributed by atoms with Gasteiger partial charge in [0.1, 0.15) is 23.6 Å². The van der Waals surface area contributed by atoms with Crippen LogP contribution in [0.25, 0.3) is 28.6 Å². The predicted molar refractivity (Wildman–Crippen MR) is 131 cm³/mol. The summed E-state index contributed by atoms with van der Waals surface area (Å²) in [6.07, 6.45) is 3.17. The van der Waals surface area contributed by atoms with E-state index in [9.17, 15) is 10.1 Å². The third kappa shape index (κ3) is 4.96. The highest BCUT2D eigenvalue weighted by Crippen LogP contribution is 2.36. The average molecular weight is 473 g/mol. The van der Waals surface area contributed by atoms with Crippen LogP contribution in [0.2, 0.25) is 0 Å². The minimum absolute atomic E-state index is 0.0283. The standard InChI is InChI=1S/C27H28N4O4/c1-5-16(4)24(29)27(32)34-23-12-10-19-20(23)7-6-8-21(19)25-30-26(35-31-25)17-9-11-22(33-15(2)3)18(13-17)14-28/h6-9,11-13,15-16,24H,5,10,29H2,1-4H3. The zero-order chi connectivity index (χ0) is 25.1. The van der Waals surface area contributed by atoms with Crippen molar-refractivity contribution in [3.8, 4) is 34.7 Å². The third-order valence-corrected chi connectivity index (χ3v) is 6.05. The van der Waals surface area contributed by atoms with Gasteiger partial charge in [-0.05, 0) is 56.0 Å². The van der Waals surface area contributed by atoms with Crippen molar-refractivity contribution in [2.45, 2.75) is 52.7 Å². The van der Waals surface area contributed by atoms with Gasteiger partial charge < -0.3 is 19.7 Å². The second-order valence-electron chi connectivity index (χ2n) is 8.85. The second kappa shape index (κ2) is 10.1. The zero-order valence-electron chi connectivity index (χ0n) is 20.2. The van der Waals surface area contributed by atoms with E-state index in [0.29, 0.717) is 40.8 Å². The zero-order valence-corrected chi connectivity index (χ0v) is 20.2. The molecule has 1 heterocycles. The first-order chi connectivity index (χ1) is 16.8. The van der Waals surface area contributed by atoms with Crippen molar-refractivity contribution in [2.24, 2.45) is 11.7 Å². The van der Waals surface area contributed by atoms with Crippen molar-refractivity contribution >= 4 is 11.7 Å². The average Bonchev–Trinajstić information content (AvgIpc) is 3.50. The predicted octanol–water partition coefficient (Wildman–Crippen LogP) is 4.88. The molecule has 8 heteroatoms. The molecule has 2 atom stereocenters. The fraction of sp³-hybridized carbons (Fsp3) is 0.333. The van der Waals surface area contributed by atoms with Crippen LogP contribution in [0.4, 0.5) is 0 Å². The highest BCUT2D eigenvalue weighted by Gasteiger charge is 2.27. The molecule has 0 fully saturated rings. The molecule has 35 heavy (non-hydrogen) atoms. The molecule has 0 radical (unpaired) electrons. The summed E-state index contributed by atoms with van der Waals surface area (Å²) in [6.45, 7) is 7.72. The number of nitrogens with two attached hydrogens (primary N) is 1. The first kappa shape index (κ1) is 24.2. The number of hydrogen-bond donors (Lipinski definition) is 1. The molecule has 180 valence electrons. The van der Waals surface area contributed by atoms with Crippen molar-refractivity contribution in [1.29, 1.82) is 5.26 Å². The summed E-state index contributed by atoms with van der Waals surface area (Å²) in [6, 6.07) is 12.3. The number of ether oxygens (including phenoxy) is 2. The summed E-state index contributed by atoms with van der Waals surface area (Å²) in [7, 11) is 0. The summed E-state index contributed by atoms with van der Waals surface area (Å²) >= 11 is 0. The highest BCUT2D eigenvalue weighted by atomic mass is 16.5. The van der Waals surface area contributed by atoms with Gasteiger partial charge in [-0.2, -0.15) is 10.2 Å². The Balaban J connectivity index is 1.58. The normalized spacial score (nSPS) is 14.1. The van der Waals surface area contributed by atoms with E-state index < -0.39 is 12.0 Å². The van der Waals surface area contributed by atoms with Gasteiger partial charge in [-0.3, -0.25) is 0 Å². The smallest absolute Gasteiger partial charge is 0.328 e. The molecule has 1 aliphatic carbocycles. The largest absolute Gasteiger partial charge is 0.490 e. The molecule has 2 aromatic carbocycles. The Bertz CT molecular complexity index is 1320. The fourth-order valence-electron chi connectivity index (χ4n) is 3.87. The number of carbonyl (C=O) groups is 1. The third-order valence-electron chi connectivity index (χ3n) is 6.05. The van der Waals surface area contributed by atoms with Crippen LogP contribution in [-0.2, 0) is 16.0 Å². The molecule has 2 N–H and O–H groups in total. The van der Waals surface area contributed by atoms with Crippen molar-refractivity contribution in [1.82, 2.24) is 10.1 Å². The number of nitriles is 1. The Labute approximate surface area is 204 Å². The lowest BCUT2D eigenvalue weighted by Crippen LogP contribution is -2.37. The minimum atomic E-state index is -0.677. The highest BCUT2D eigenvalue weighted by molar-refractivity contribution is 5.86. The van der Waals surface area contributed by atoms with Crippen LogP contribution in [0.15, 0.2) is 47.0 Å². The molecule has 3 aromatic rings. The van der Waals surface area contributed by atoms with Gasteiger partial charge in [0.25, 0.3) is 5.89 Å². The second-order valence-corrected chi connectivity index (χ2v) is 8.85. The van der Waals surface area contributed by atoms with Gasteiger partial charge >= 0.3 is 5.97 Å². The van der Waals surface area contributed by atoms with Crippen molar-refractivity contribution in [3.05, 3.63) is 59.2 Å². The number of fused-ring (bicyclic) bond motifs is 1. The summed E-state index contributed by atoms with van der Waals surface area (Å²) in [5.41, 5.74) is 9.58. The monoisotopic (exact) mass is 472 g/mol. The first-order valence-corrected chi connectivity index (χ1v) is 11.7.